The summed E-state index contributed by atoms with van der Waals surface area (Å²) in [4.78, 5) is 16.4. The minimum atomic E-state index is -0.568. The number of hydrogen-bond acceptors (Lipinski definition) is 4. The lowest BCUT2D eigenvalue weighted by Crippen LogP contribution is -2.43. The molecule has 21 heavy (non-hydrogen) atoms. The summed E-state index contributed by atoms with van der Waals surface area (Å²) in [5, 5.41) is 20.6. The first-order valence-corrected chi connectivity index (χ1v) is 7.28. The predicted octanol–water partition coefficient (Wildman–Crippen LogP) is 1.04. The zero-order chi connectivity index (χ0) is 15.2. The van der Waals surface area contributed by atoms with Crippen LogP contribution in [-0.2, 0) is 4.79 Å². The lowest BCUT2D eigenvalue weighted by Gasteiger charge is -2.23. The van der Waals surface area contributed by atoms with E-state index in [1.807, 2.05) is 25.3 Å². The van der Waals surface area contributed by atoms with Crippen LogP contribution in [0.1, 0.15) is 30.5 Å². The number of aliphatic hydroxyl groups excluding tert-OH is 2. The Hall–Kier alpha value is -1.72. The third-order valence-corrected chi connectivity index (χ3v) is 3.81. The maximum atomic E-state index is 12.0. The number of allylic oxidation sites excluding steroid dienone is 2. The van der Waals surface area contributed by atoms with Crippen molar-refractivity contribution in [1.82, 2.24) is 10.3 Å². The summed E-state index contributed by atoms with van der Waals surface area (Å²) in [6.45, 7) is 1.51. The first-order valence-electron chi connectivity index (χ1n) is 7.28. The Kier molecular flexibility index (Phi) is 5.47. The van der Waals surface area contributed by atoms with Crippen molar-refractivity contribution in [3.05, 3.63) is 35.7 Å². The Labute approximate surface area is 124 Å². The molecule has 0 aromatic carbocycles. The summed E-state index contributed by atoms with van der Waals surface area (Å²) in [6.07, 6.45) is 6.16. The average Bonchev–Trinajstić information content (AvgIpc) is 2.53. The second-order valence-corrected chi connectivity index (χ2v) is 5.49. The fourth-order valence-electron chi connectivity index (χ4n) is 2.43. The van der Waals surface area contributed by atoms with Crippen LogP contribution in [0.3, 0.4) is 0 Å². The maximum Gasteiger partial charge on any atom is 0.223 e. The van der Waals surface area contributed by atoms with E-state index in [4.69, 9.17) is 10.2 Å². The standard InChI is InChI=1S/C16H22N2O3/c1-11-2-7-15(17-8-11)12-3-5-13(6-4-12)16(21)18-14(9-19)10-20/h2-3,7-8,13-14,19-20H,4-6,9-10H2,1H3,(H,18,21). The molecule has 1 atom stereocenters. The quantitative estimate of drug-likeness (QED) is 0.757. The first-order chi connectivity index (χ1) is 10.1. The van der Waals surface area contributed by atoms with Crippen molar-refractivity contribution in [3.63, 3.8) is 0 Å². The predicted molar refractivity (Wildman–Crippen MR) is 80.4 cm³/mol. The van der Waals surface area contributed by atoms with E-state index in [0.717, 1.165) is 24.1 Å². The van der Waals surface area contributed by atoms with Gasteiger partial charge in [0.1, 0.15) is 0 Å². The van der Waals surface area contributed by atoms with Crippen LogP contribution in [0.2, 0.25) is 0 Å². The highest BCUT2D eigenvalue weighted by molar-refractivity contribution is 5.80. The highest BCUT2D eigenvalue weighted by Gasteiger charge is 2.24. The molecule has 1 aliphatic rings. The van der Waals surface area contributed by atoms with Crippen molar-refractivity contribution in [3.8, 4) is 0 Å². The molecule has 1 aromatic heterocycles. The molecule has 0 radical (unpaired) electrons. The lowest BCUT2D eigenvalue weighted by atomic mass is 9.87. The van der Waals surface area contributed by atoms with Crippen molar-refractivity contribution in [2.75, 3.05) is 13.2 Å². The summed E-state index contributed by atoms with van der Waals surface area (Å²) in [5.41, 5.74) is 3.29. The van der Waals surface area contributed by atoms with Crippen LogP contribution in [-0.4, -0.2) is 40.4 Å². The summed E-state index contributed by atoms with van der Waals surface area (Å²) >= 11 is 0. The molecule has 0 aliphatic heterocycles. The summed E-state index contributed by atoms with van der Waals surface area (Å²) in [6, 6.07) is 3.48. The molecule has 5 nitrogen and oxygen atoms in total. The number of nitrogens with zero attached hydrogens (tertiary/aromatic N) is 1. The Morgan fingerprint density at radius 1 is 1.43 bits per heavy atom. The number of rotatable bonds is 5. The number of aromatic nitrogens is 1. The zero-order valence-electron chi connectivity index (χ0n) is 12.2. The molecule has 3 N–H and O–H groups in total. The van der Waals surface area contributed by atoms with Crippen LogP contribution >= 0.6 is 0 Å². The van der Waals surface area contributed by atoms with Gasteiger partial charge in [0.05, 0.1) is 24.9 Å². The molecule has 0 saturated carbocycles. The fraction of sp³-hybridized carbons (Fsp3) is 0.500. The highest BCUT2D eigenvalue weighted by Crippen LogP contribution is 2.29. The van der Waals surface area contributed by atoms with Crippen molar-refractivity contribution < 1.29 is 15.0 Å². The average molecular weight is 290 g/mol. The summed E-state index contributed by atoms with van der Waals surface area (Å²) in [7, 11) is 0. The molecule has 0 saturated heterocycles. The van der Waals surface area contributed by atoms with Gasteiger partial charge >= 0.3 is 0 Å². The molecule has 5 heteroatoms. The monoisotopic (exact) mass is 290 g/mol. The van der Waals surface area contributed by atoms with Crippen LogP contribution in [0.25, 0.3) is 5.57 Å². The van der Waals surface area contributed by atoms with Crippen molar-refractivity contribution >= 4 is 11.5 Å². The molecule has 0 bridgehead atoms. The van der Waals surface area contributed by atoms with E-state index in [1.165, 1.54) is 5.57 Å². The molecule has 0 spiro atoms. The minimum absolute atomic E-state index is 0.0974. The van der Waals surface area contributed by atoms with Crippen LogP contribution in [0.15, 0.2) is 24.4 Å². The normalized spacial score (nSPS) is 18.5. The van der Waals surface area contributed by atoms with Gasteiger partial charge in [-0.3, -0.25) is 9.78 Å². The van der Waals surface area contributed by atoms with Gasteiger partial charge < -0.3 is 15.5 Å². The molecule has 1 amide bonds. The SMILES string of the molecule is Cc1ccc(C2=CCC(C(=O)NC(CO)CO)CC2)nc1. The number of hydrogen-bond donors (Lipinski definition) is 3. The Morgan fingerprint density at radius 3 is 2.71 bits per heavy atom. The number of nitrogens with one attached hydrogen (secondary N) is 1. The van der Waals surface area contributed by atoms with Gasteiger partial charge in [-0.1, -0.05) is 12.1 Å². The minimum Gasteiger partial charge on any atom is -0.394 e. The number of carbonyl (C=O) groups excluding carboxylic acids is 1. The Balaban J connectivity index is 1.95. The number of amides is 1. The van der Waals surface area contributed by atoms with Crippen molar-refractivity contribution in [2.45, 2.75) is 32.2 Å². The van der Waals surface area contributed by atoms with E-state index in [1.54, 1.807) is 0 Å². The summed E-state index contributed by atoms with van der Waals surface area (Å²) < 4.78 is 0. The smallest absolute Gasteiger partial charge is 0.223 e. The van der Waals surface area contributed by atoms with E-state index < -0.39 is 6.04 Å². The Bertz CT molecular complexity index is 507. The van der Waals surface area contributed by atoms with Gasteiger partial charge in [-0.15, -0.1) is 0 Å². The van der Waals surface area contributed by atoms with Crippen LogP contribution < -0.4 is 5.32 Å². The lowest BCUT2D eigenvalue weighted by molar-refractivity contribution is -0.126. The second-order valence-electron chi connectivity index (χ2n) is 5.49. The van der Waals surface area contributed by atoms with Gasteiger partial charge in [-0.2, -0.15) is 0 Å². The van der Waals surface area contributed by atoms with E-state index in [0.29, 0.717) is 6.42 Å². The van der Waals surface area contributed by atoms with Crippen LogP contribution in [0, 0.1) is 12.8 Å². The van der Waals surface area contributed by atoms with Crippen molar-refractivity contribution in [2.24, 2.45) is 5.92 Å². The molecule has 0 fully saturated rings. The first kappa shape index (κ1) is 15.7. The molecule has 2 rings (SSSR count). The summed E-state index contributed by atoms with van der Waals surface area (Å²) in [5.74, 6) is -0.199. The molecule has 1 aliphatic carbocycles. The van der Waals surface area contributed by atoms with E-state index in [-0.39, 0.29) is 25.0 Å². The number of pyridine rings is 1. The van der Waals surface area contributed by atoms with Gasteiger partial charge in [-0.25, -0.2) is 0 Å². The van der Waals surface area contributed by atoms with E-state index >= 15 is 0 Å². The number of carbonyl (C=O) groups is 1. The van der Waals surface area contributed by atoms with Crippen LogP contribution in [0.5, 0.6) is 0 Å². The topological polar surface area (TPSA) is 82.5 Å². The largest absolute Gasteiger partial charge is 0.394 e. The third-order valence-electron chi connectivity index (χ3n) is 3.81. The van der Waals surface area contributed by atoms with E-state index in [2.05, 4.69) is 16.4 Å². The van der Waals surface area contributed by atoms with Gasteiger partial charge in [-0.05, 0) is 43.4 Å². The van der Waals surface area contributed by atoms with Gasteiger partial charge in [0.2, 0.25) is 5.91 Å². The molecule has 114 valence electrons. The van der Waals surface area contributed by atoms with Gasteiger partial charge in [0.15, 0.2) is 0 Å². The Morgan fingerprint density at radius 2 is 2.19 bits per heavy atom. The molecule has 1 aromatic rings. The third kappa shape index (κ3) is 4.12. The van der Waals surface area contributed by atoms with Crippen LogP contribution in [0.4, 0.5) is 0 Å². The van der Waals surface area contributed by atoms with Gasteiger partial charge in [0.25, 0.3) is 0 Å². The fourth-order valence-corrected chi connectivity index (χ4v) is 2.43. The van der Waals surface area contributed by atoms with Gasteiger partial charge in [0, 0.05) is 12.1 Å². The van der Waals surface area contributed by atoms with E-state index in [9.17, 15) is 4.79 Å². The molecular weight excluding hydrogens is 268 g/mol. The second kappa shape index (κ2) is 7.33. The highest BCUT2D eigenvalue weighted by atomic mass is 16.3. The van der Waals surface area contributed by atoms with Crippen molar-refractivity contribution in [1.29, 1.82) is 0 Å². The number of aliphatic hydroxyl groups is 2. The number of aryl methyl sites for hydroxylation is 1. The zero-order valence-corrected chi connectivity index (χ0v) is 12.2. The molecule has 1 unspecified atom stereocenters. The molecule has 1 heterocycles. The maximum absolute atomic E-state index is 12.0. The molecular formula is C16H22N2O3.